The Morgan fingerprint density at radius 1 is 1.06 bits per heavy atom. The fourth-order valence-electron chi connectivity index (χ4n) is 4.89. The number of carbonyl (C=O) groups excluding carboxylic acids is 1. The van der Waals surface area contributed by atoms with E-state index in [9.17, 15) is 4.79 Å². The molecule has 1 amide bonds. The standard InChI is InChI=1S/C25H23N7O/c1-16-22-18(15-19(17-9-4-3-5-10-17)26-24(22)30(2)29-16)25(33)31-14-8-11-20(31)23-28-27-21-12-6-7-13-32(21)23/h3-7,9-10,12-13,15,20H,8,11,14H2,1-2H3/t20-/m1/s1. The first-order valence-corrected chi connectivity index (χ1v) is 11.1. The maximum absolute atomic E-state index is 14.1. The maximum atomic E-state index is 14.1. The number of amides is 1. The smallest absolute Gasteiger partial charge is 0.255 e. The van der Waals surface area contributed by atoms with Crippen LogP contribution in [0.15, 0.2) is 60.8 Å². The molecule has 1 atom stereocenters. The number of aryl methyl sites for hydroxylation is 2. The topological polar surface area (TPSA) is 81.2 Å². The molecule has 1 aliphatic heterocycles. The molecule has 0 bridgehead atoms. The van der Waals surface area contributed by atoms with Gasteiger partial charge in [0.05, 0.1) is 28.4 Å². The number of nitrogens with zero attached hydrogens (tertiary/aromatic N) is 7. The molecule has 0 aliphatic carbocycles. The summed E-state index contributed by atoms with van der Waals surface area (Å²) >= 11 is 0. The second-order valence-electron chi connectivity index (χ2n) is 8.47. The largest absolute Gasteiger partial charge is 0.328 e. The average molecular weight is 438 g/mol. The molecule has 1 saturated heterocycles. The summed E-state index contributed by atoms with van der Waals surface area (Å²) < 4.78 is 3.73. The summed E-state index contributed by atoms with van der Waals surface area (Å²) in [4.78, 5) is 20.8. The fourth-order valence-corrected chi connectivity index (χ4v) is 4.89. The van der Waals surface area contributed by atoms with Crippen molar-refractivity contribution in [2.75, 3.05) is 6.54 Å². The summed E-state index contributed by atoms with van der Waals surface area (Å²) in [7, 11) is 1.87. The highest BCUT2D eigenvalue weighted by molar-refractivity contribution is 6.07. The molecule has 1 aromatic carbocycles. The zero-order valence-corrected chi connectivity index (χ0v) is 18.5. The molecule has 0 saturated carbocycles. The van der Waals surface area contributed by atoms with Crippen molar-refractivity contribution < 1.29 is 4.79 Å². The molecular formula is C25H23N7O. The van der Waals surface area contributed by atoms with Gasteiger partial charge in [0.2, 0.25) is 0 Å². The Labute approximate surface area is 190 Å². The predicted octanol–water partition coefficient (Wildman–Crippen LogP) is 3.96. The average Bonchev–Trinajstić information content (AvgIpc) is 3.56. The molecule has 1 aliphatic rings. The van der Waals surface area contributed by atoms with Crippen molar-refractivity contribution in [2.45, 2.75) is 25.8 Å². The van der Waals surface area contributed by atoms with Gasteiger partial charge in [-0.25, -0.2) is 4.98 Å². The van der Waals surface area contributed by atoms with E-state index in [2.05, 4.69) is 15.3 Å². The first kappa shape index (κ1) is 19.6. The van der Waals surface area contributed by atoms with E-state index in [0.29, 0.717) is 17.8 Å². The highest BCUT2D eigenvalue weighted by Crippen LogP contribution is 2.35. The lowest BCUT2D eigenvalue weighted by molar-refractivity contribution is 0.0731. The number of fused-ring (bicyclic) bond motifs is 2. The van der Waals surface area contributed by atoms with Crippen molar-refractivity contribution in [1.82, 2.24) is 34.3 Å². The van der Waals surface area contributed by atoms with Crippen LogP contribution in [0.4, 0.5) is 0 Å². The molecule has 5 heterocycles. The summed E-state index contributed by atoms with van der Waals surface area (Å²) in [6.45, 7) is 2.60. The van der Waals surface area contributed by atoms with Gasteiger partial charge in [-0.15, -0.1) is 10.2 Å². The first-order valence-electron chi connectivity index (χ1n) is 11.1. The molecule has 0 N–H and O–H groups in total. The van der Waals surface area contributed by atoms with Gasteiger partial charge in [-0.05, 0) is 38.0 Å². The monoisotopic (exact) mass is 437 g/mol. The Balaban J connectivity index is 1.49. The number of pyridine rings is 2. The van der Waals surface area contributed by atoms with Crippen LogP contribution in [0.25, 0.3) is 27.9 Å². The zero-order valence-electron chi connectivity index (χ0n) is 18.5. The minimum absolute atomic E-state index is 0.0223. The molecule has 0 radical (unpaired) electrons. The SMILES string of the molecule is Cc1nn(C)c2nc(-c3ccccc3)cc(C(=O)N3CCC[C@@H]3c3nnc4ccccn34)c12. The van der Waals surface area contributed by atoms with Gasteiger partial charge in [-0.2, -0.15) is 5.10 Å². The van der Waals surface area contributed by atoms with E-state index in [-0.39, 0.29) is 11.9 Å². The molecule has 8 nitrogen and oxygen atoms in total. The molecular weight excluding hydrogens is 414 g/mol. The molecule has 0 spiro atoms. The molecule has 33 heavy (non-hydrogen) atoms. The highest BCUT2D eigenvalue weighted by Gasteiger charge is 2.35. The minimum Gasteiger partial charge on any atom is -0.328 e. The van der Waals surface area contributed by atoms with E-state index in [1.807, 2.05) is 84.1 Å². The lowest BCUT2D eigenvalue weighted by Crippen LogP contribution is -2.32. The second-order valence-corrected chi connectivity index (χ2v) is 8.47. The van der Waals surface area contributed by atoms with E-state index in [0.717, 1.165) is 46.7 Å². The Morgan fingerprint density at radius 3 is 2.73 bits per heavy atom. The number of rotatable bonds is 3. The maximum Gasteiger partial charge on any atom is 0.255 e. The Kier molecular flexibility index (Phi) is 4.46. The number of aromatic nitrogens is 6. The van der Waals surface area contributed by atoms with Crippen LogP contribution in [0, 0.1) is 6.92 Å². The van der Waals surface area contributed by atoms with E-state index >= 15 is 0 Å². The Hall–Kier alpha value is -4.07. The lowest BCUT2D eigenvalue weighted by atomic mass is 10.0. The van der Waals surface area contributed by atoms with Crippen molar-refractivity contribution in [3.8, 4) is 11.3 Å². The van der Waals surface area contributed by atoms with Gasteiger partial charge in [-0.3, -0.25) is 13.9 Å². The molecule has 0 unspecified atom stereocenters. The van der Waals surface area contributed by atoms with Crippen molar-refractivity contribution in [1.29, 1.82) is 0 Å². The van der Waals surface area contributed by atoms with Gasteiger partial charge < -0.3 is 4.90 Å². The Bertz CT molecular complexity index is 1500. The van der Waals surface area contributed by atoms with E-state index in [4.69, 9.17) is 4.98 Å². The molecule has 4 aromatic heterocycles. The third kappa shape index (κ3) is 3.09. The number of benzene rings is 1. The predicted molar refractivity (Wildman–Crippen MR) is 125 cm³/mol. The third-order valence-corrected chi connectivity index (χ3v) is 6.42. The van der Waals surface area contributed by atoms with Crippen LogP contribution in [0.2, 0.25) is 0 Å². The number of carbonyl (C=O) groups is 1. The summed E-state index contributed by atoms with van der Waals surface area (Å²) in [5.41, 5.74) is 4.65. The van der Waals surface area contributed by atoms with Gasteiger partial charge in [0.1, 0.15) is 0 Å². The van der Waals surface area contributed by atoms with E-state index in [1.54, 1.807) is 4.68 Å². The summed E-state index contributed by atoms with van der Waals surface area (Å²) in [6, 6.07) is 17.5. The minimum atomic E-state index is -0.129. The van der Waals surface area contributed by atoms with Crippen molar-refractivity contribution in [2.24, 2.45) is 7.05 Å². The van der Waals surface area contributed by atoms with Crippen LogP contribution >= 0.6 is 0 Å². The number of hydrogen-bond acceptors (Lipinski definition) is 5. The van der Waals surface area contributed by atoms with Crippen LogP contribution in [0.5, 0.6) is 0 Å². The molecule has 8 heteroatoms. The van der Waals surface area contributed by atoms with Crippen molar-refractivity contribution >= 4 is 22.6 Å². The van der Waals surface area contributed by atoms with Crippen molar-refractivity contribution in [3.05, 3.63) is 77.9 Å². The number of hydrogen-bond donors (Lipinski definition) is 0. The summed E-state index contributed by atoms with van der Waals surface area (Å²) in [6.07, 6.45) is 3.73. The van der Waals surface area contributed by atoms with Gasteiger partial charge in [0.25, 0.3) is 5.91 Å². The van der Waals surface area contributed by atoms with Crippen LogP contribution in [0.3, 0.4) is 0 Å². The second kappa shape index (κ2) is 7.51. The third-order valence-electron chi connectivity index (χ3n) is 6.42. The molecule has 164 valence electrons. The van der Waals surface area contributed by atoms with Crippen LogP contribution in [0.1, 0.15) is 40.8 Å². The van der Waals surface area contributed by atoms with Crippen LogP contribution < -0.4 is 0 Å². The van der Waals surface area contributed by atoms with Gasteiger partial charge >= 0.3 is 0 Å². The van der Waals surface area contributed by atoms with E-state index < -0.39 is 0 Å². The van der Waals surface area contributed by atoms with Gasteiger partial charge in [-0.1, -0.05) is 36.4 Å². The fraction of sp³-hybridized carbons (Fsp3) is 0.240. The Morgan fingerprint density at radius 2 is 1.88 bits per heavy atom. The van der Waals surface area contributed by atoms with Crippen LogP contribution in [-0.4, -0.2) is 46.7 Å². The number of likely N-dealkylation sites (tertiary alicyclic amines) is 1. The molecule has 6 rings (SSSR count). The first-order chi connectivity index (χ1) is 16.1. The summed E-state index contributed by atoms with van der Waals surface area (Å²) in [5, 5.41) is 14.1. The van der Waals surface area contributed by atoms with E-state index in [1.165, 1.54) is 0 Å². The normalized spacial score (nSPS) is 16.2. The summed E-state index contributed by atoms with van der Waals surface area (Å²) in [5.74, 6) is 0.777. The van der Waals surface area contributed by atoms with Gasteiger partial charge in [0, 0.05) is 25.4 Å². The van der Waals surface area contributed by atoms with Gasteiger partial charge in [0.15, 0.2) is 17.1 Å². The van der Waals surface area contributed by atoms with Crippen molar-refractivity contribution in [3.63, 3.8) is 0 Å². The van der Waals surface area contributed by atoms with Crippen LogP contribution in [-0.2, 0) is 7.05 Å². The quantitative estimate of drug-likeness (QED) is 0.427. The zero-order chi connectivity index (χ0) is 22.5. The lowest BCUT2D eigenvalue weighted by Gasteiger charge is -2.24. The highest BCUT2D eigenvalue weighted by atomic mass is 16.2. The molecule has 1 fully saturated rings. The molecule has 5 aromatic rings.